The van der Waals surface area contributed by atoms with Crippen LogP contribution in [-0.2, 0) is 22.5 Å². The van der Waals surface area contributed by atoms with Crippen LogP contribution in [0.15, 0.2) is 6.07 Å². The lowest BCUT2D eigenvalue weighted by Gasteiger charge is -2.25. The molecule has 0 radical (unpaired) electrons. The molecule has 1 aliphatic heterocycles. The first kappa shape index (κ1) is 12.0. The molecule has 3 nitrogen and oxygen atoms in total. The topological polar surface area (TPSA) is 29.5 Å². The van der Waals surface area contributed by atoms with Gasteiger partial charge in [-0.3, -0.25) is 4.90 Å². The average Bonchev–Trinajstić information content (AvgIpc) is 2.61. The number of ether oxygens (including phenoxy) is 1. The van der Waals surface area contributed by atoms with Crippen LogP contribution in [0.1, 0.15) is 10.4 Å². The fourth-order valence-electron chi connectivity index (χ4n) is 1.75. The van der Waals surface area contributed by atoms with Gasteiger partial charge in [0.1, 0.15) is 6.29 Å². The van der Waals surface area contributed by atoms with Crippen LogP contribution in [0, 0.1) is 0 Å². The maximum absolute atomic E-state index is 10.4. The van der Waals surface area contributed by atoms with Crippen molar-refractivity contribution in [2.24, 2.45) is 0 Å². The summed E-state index contributed by atoms with van der Waals surface area (Å²) in [4.78, 5) is 14.0. The summed E-state index contributed by atoms with van der Waals surface area (Å²) in [6, 6.07) is 2.04. The molecule has 2 heterocycles. The van der Waals surface area contributed by atoms with Gasteiger partial charge < -0.3 is 9.53 Å². The molecule has 0 saturated carbocycles. The number of nitrogens with zero attached hydrogens (tertiary/aromatic N) is 1. The summed E-state index contributed by atoms with van der Waals surface area (Å²) in [7, 11) is 0. The number of carbonyl (C=O) groups excluding carboxylic acids is 1. The molecule has 1 aliphatic rings. The molecule has 1 fully saturated rings. The van der Waals surface area contributed by atoms with Crippen molar-refractivity contribution < 1.29 is 9.53 Å². The third-order valence-corrected chi connectivity index (χ3v) is 4.02. The van der Waals surface area contributed by atoms with E-state index in [2.05, 4.69) is 4.90 Å². The molecule has 0 spiro atoms. The summed E-state index contributed by atoms with van der Waals surface area (Å²) < 4.78 is 6.04. The van der Waals surface area contributed by atoms with Gasteiger partial charge in [-0.25, -0.2) is 0 Å². The quantitative estimate of drug-likeness (QED) is 0.775. The maximum atomic E-state index is 10.4. The smallest absolute Gasteiger partial charge is 0.124 e. The summed E-state index contributed by atoms with van der Waals surface area (Å²) in [5.41, 5.74) is 0.949. The summed E-state index contributed by atoms with van der Waals surface area (Å²) in [5.74, 6) is 0. The summed E-state index contributed by atoms with van der Waals surface area (Å²) in [6.45, 7) is 4.46. The zero-order valence-electron chi connectivity index (χ0n) is 8.95. The van der Waals surface area contributed by atoms with Gasteiger partial charge in [0.15, 0.2) is 0 Å². The Morgan fingerprint density at radius 3 is 2.94 bits per heavy atom. The Balaban J connectivity index is 1.97. The number of morpholine rings is 1. The van der Waals surface area contributed by atoms with Crippen molar-refractivity contribution in [3.63, 3.8) is 0 Å². The Morgan fingerprint density at radius 2 is 2.25 bits per heavy atom. The van der Waals surface area contributed by atoms with Crippen molar-refractivity contribution in [2.45, 2.75) is 13.0 Å². The predicted molar refractivity (Wildman–Crippen MR) is 65.2 cm³/mol. The number of aldehydes is 1. The number of rotatable bonds is 4. The van der Waals surface area contributed by atoms with Crippen molar-refractivity contribution in [3.8, 4) is 0 Å². The van der Waals surface area contributed by atoms with Gasteiger partial charge in [-0.05, 0) is 11.6 Å². The van der Waals surface area contributed by atoms with Gasteiger partial charge in [-0.2, -0.15) is 0 Å². The maximum Gasteiger partial charge on any atom is 0.124 e. The van der Waals surface area contributed by atoms with Crippen molar-refractivity contribution in [2.75, 3.05) is 26.3 Å². The Hall–Kier alpha value is -0.420. The molecule has 0 aromatic carbocycles. The van der Waals surface area contributed by atoms with E-state index in [0.717, 1.165) is 49.0 Å². The second-order valence-electron chi connectivity index (χ2n) is 3.77. The molecule has 5 heteroatoms. The van der Waals surface area contributed by atoms with Gasteiger partial charge in [0.05, 0.1) is 17.6 Å². The summed E-state index contributed by atoms with van der Waals surface area (Å²) >= 11 is 7.63. The number of thiophene rings is 1. The Bertz CT molecular complexity index is 361. The monoisotopic (exact) mass is 259 g/mol. The van der Waals surface area contributed by atoms with Crippen LogP contribution in [-0.4, -0.2) is 37.5 Å². The van der Waals surface area contributed by atoms with Gasteiger partial charge >= 0.3 is 0 Å². The number of hydrogen-bond donors (Lipinski definition) is 0. The Kier molecular flexibility index (Phi) is 4.35. The molecule has 0 atom stereocenters. The lowest BCUT2D eigenvalue weighted by atomic mass is 10.2. The zero-order chi connectivity index (χ0) is 11.4. The Morgan fingerprint density at radius 1 is 1.50 bits per heavy atom. The van der Waals surface area contributed by atoms with E-state index >= 15 is 0 Å². The van der Waals surface area contributed by atoms with Crippen LogP contribution >= 0.6 is 22.9 Å². The van der Waals surface area contributed by atoms with Crippen molar-refractivity contribution in [3.05, 3.63) is 20.8 Å². The van der Waals surface area contributed by atoms with Crippen LogP contribution in [0.25, 0.3) is 0 Å². The summed E-state index contributed by atoms with van der Waals surface area (Å²) in [5, 5.41) is 0. The van der Waals surface area contributed by atoms with Crippen LogP contribution in [0.3, 0.4) is 0 Å². The van der Waals surface area contributed by atoms with Gasteiger partial charge in [-0.15, -0.1) is 11.3 Å². The lowest BCUT2D eigenvalue weighted by molar-refractivity contribution is -0.107. The van der Waals surface area contributed by atoms with E-state index in [1.54, 1.807) is 11.3 Å². The van der Waals surface area contributed by atoms with E-state index in [9.17, 15) is 4.79 Å². The van der Waals surface area contributed by atoms with Crippen LogP contribution in [0.4, 0.5) is 0 Å². The molecule has 16 heavy (non-hydrogen) atoms. The molecule has 0 N–H and O–H groups in total. The largest absolute Gasteiger partial charge is 0.379 e. The number of hydrogen-bond acceptors (Lipinski definition) is 4. The standard InChI is InChI=1S/C11H14ClNO2S/c12-11-9(1-4-14)7-10(16-11)8-13-2-5-15-6-3-13/h4,7H,1-3,5-6,8H2. The predicted octanol–water partition coefficient (Wildman–Crippen LogP) is 1.98. The van der Waals surface area contributed by atoms with E-state index in [-0.39, 0.29) is 0 Å². The van der Waals surface area contributed by atoms with Gasteiger partial charge in [0.25, 0.3) is 0 Å². The molecule has 1 saturated heterocycles. The highest BCUT2D eigenvalue weighted by atomic mass is 35.5. The van der Waals surface area contributed by atoms with E-state index in [4.69, 9.17) is 16.3 Å². The van der Waals surface area contributed by atoms with E-state index in [1.807, 2.05) is 6.07 Å². The molecule has 0 aliphatic carbocycles. The highest BCUT2D eigenvalue weighted by molar-refractivity contribution is 7.16. The molecule has 0 amide bonds. The first-order valence-electron chi connectivity index (χ1n) is 5.30. The minimum atomic E-state index is 0.415. The first-order valence-corrected chi connectivity index (χ1v) is 6.50. The van der Waals surface area contributed by atoms with Crippen LogP contribution < -0.4 is 0 Å². The van der Waals surface area contributed by atoms with E-state index in [0.29, 0.717) is 6.42 Å². The number of halogens is 1. The minimum absolute atomic E-state index is 0.415. The molecule has 2 rings (SSSR count). The third kappa shape index (κ3) is 3.04. The highest BCUT2D eigenvalue weighted by Gasteiger charge is 2.13. The average molecular weight is 260 g/mol. The first-order chi connectivity index (χ1) is 7.79. The number of carbonyl (C=O) groups is 1. The molecular weight excluding hydrogens is 246 g/mol. The highest BCUT2D eigenvalue weighted by Crippen LogP contribution is 2.28. The minimum Gasteiger partial charge on any atom is -0.379 e. The van der Waals surface area contributed by atoms with Crippen LogP contribution in [0.2, 0.25) is 4.34 Å². The molecule has 0 unspecified atom stereocenters. The van der Waals surface area contributed by atoms with Crippen molar-refractivity contribution in [1.82, 2.24) is 4.90 Å². The molecule has 1 aromatic rings. The zero-order valence-corrected chi connectivity index (χ0v) is 10.5. The molecular formula is C11H14ClNO2S. The lowest BCUT2D eigenvalue weighted by Crippen LogP contribution is -2.35. The van der Waals surface area contributed by atoms with E-state index < -0.39 is 0 Å². The van der Waals surface area contributed by atoms with Gasteiger partial charge in [0.2, 0.25) is 0 Å². The summed E-state index contributed by atoms with van der Waals surface area (Å²) in [6.07, 6.45) is 1.31. The van der Waals surface area contributed by atoms with Crippen molar-refractivity contribution in [1.29, 1.82) is 0 Å². The SMILES string of the molecule is O=CCc1cc(CN2CCOCC2)sc1Cl. The van der Waals surface area contributed by atoms with Crippen LogP contribution in [0.5, 0.6) is 0 Å². The second kappa shape index (κ2) is 5.77. The molecule has 88 valence electrons. The fourth-order valence-corrected chi connectivity index (χ4v) is 3.13. The van der Waals surface area contributed by atoms with E-state index in [1.165, 1.54) is 4.88 Å². The van der Waals surface area contributed by atoms with Crippen molar-refractivity contribution >= 4 is 29.2 Å². The van der Waals surface area contributed by atoms with Gasteiger partial charge in [-0.1, -0.05) is 11.6 Å². The molecule has 0 bridgehead atoms. The van der Waals surface area contributed by atoms with Gasteiger partial charge in [0, 0.05) is 30.9 Å². The third-order valence-electron chi connectivity index (χ3n) is 2.59. The fraction of sp³-hybridized carbons (Fsp3) is 0.545. The molecule has 1 aromatic heterocycles. The second-order valence-corrected chi connectivity index (χ2v) is 5.51. The Labute approximate surface area is 104 Å². The normalized spacial score (nSPS) is 17.6.